The van der Waals surface area contributed by atoms with Crippen LogP contribution in [0.4, 0.5) is 4.39 Å². The fourth-order valence-corrected chi connectivity index (χ4v) is 2.50. The van der Waals surface area contributed by atoms with Crippen molar-refractivity contribution in [2.45, 2.75) is 11.8 Å². The van der Waals surface area contributed by atoms with Gasteiger partial charge >= 0.3 is 0 Å². The van der Waals surface area contributed by atoms with Crippen molar-refractivity contribution in [2.75, 3.05) is 6.26 Å². The van der Waals surface area contributed by atoms with Crippen molar-refractivity contribution in [1.29, 1.82) is 0 Å². The van der Waals surface area contributed by atoms with Gasteiger partial charge in [-0.3, -0.25) is 0 Å². The molecule has 0 spiro atoms. The average molecular weight is 306 g/mol. The molecule has 0 radical (unpaired) electrons. The van der Waals surface area contributed by atoms with Crippen molar-refractivity contribution in [3.8, 4) is 11.5 Å². The van der Waals surface area contributed by atoms with Crippen LogP contribution in [0.15, 0.2) is 46.4 Å². The first-order valence-electron chi connectivity index (χ1n) is 6.15. The molecule has 0 saturated carbocycles. The Labute approximate surface area is 126 Å². The van der Waals surface area contributed by atoms with Crippen LogP contribution >= 0.6 is 11.8 Å². The van der Waals surface area contributed by atoms with E-state index in [-0.39, 0.29) is 11.7 Å². The second-order valence-corrected chi connectivity index (χ2v) is 5.18. The highest BCUT2D eigenvalue weighted by molar-refractivity contribution is 7.98. The lowest BCUT2D eigenvalue weighted by Gasteiger charge is -2.13. The quantitative estimate of drug-likeness (QED) is 0.297. The van der Waals surface area contributed by atoms with Crippen LogP contribution in [0.3, 0.4) is 0 Å². The molecule has 2 aromatic rings. The number of thioether (sulfide) groups is 1. The van der Waals surface area contributed by atoms with Crippen LogP contribution in [0.5, 0.6) is 11.5 Å². The van der Waals surface area contributed by atoms with Crippen LogP contribution in [0.2, 0.25) is 0 Å². The van der Waals surface area contributed by atoms with Gasteiger partial charge in [-0.15, -0.1) is 11.8 Å². The first-order valence-corrected chi connectivity index (χ1v) is 7.38. The number of nitrogens with two attached hydrogens (primary N) is 1. The third-order valence-electron chi connectivity index (χ3n) is 2.93. The Balaban J connectivity index is 2.46. The molecule has 0 fully saturated rings. The summed E-state index contributed by atoms with van der Waals surface area (Å²) >= 11 is 1.46. The van der Waals surface area contributed by atoms with Crippen LogP contribution in [0.25, 0.3) is 0 Å². The van der Waals surface area contributed by atoms with E-state index in [4.69, 9.17) is 15.7 Å². The molecule has 21 heavy (non-hydrogen) atoms. The second kappa shape index (κ2) is 6.49. The van der Waals surface area contributed by atoms with E-state index in [1.807, 2.05) is 18.4 Å². The fraction of sp³-hybridized carbons (Fsp3) is 0.133. The van der Waals surface area contributed by atoms with Gasteiger partial charge in [-0.1, -0.05) is 11.2 Å². The smallest absolute Gasteiger partial charge is 0.175 e. The van der Waals surface area contributed by atoms with Gasteiger partial charge in [0.05, 0.1) is 5.56 Å². The molecule has 0 saturated heterocycles. The van der Waals surface area contributed by atoms with E-state index in [1.54, 1.807) is 19.1 Å². The van der Waals surface area contributed by atoms with Gasteiger partial charge in [-0.2, -0.15) is 0 Å². The number of benzene rings is 2. The molecule has 0 aliphatic rings. The molecule has 0 unspecified atom stereocenters. The standard InChI is InChI=1S/C15H15FN2O2S/c1-9-8-10(6-7-11(9)16)20-12-4-3-5-13(21-2)14(12)15(17)18-19/h3-8,19H,1-2H3,(H2,17,18). The van der Waals surface area contributed by atoms with Gasteiger partial charge in [0.2, 0.25) is 0 Å². The molecule has 0 aliphatic carbocycles. The number of ether oxygens (including phenoxy) is 1. The molecule has 3 N–H and O–H groups in total. The van der Waals surface area contributed by atoms with Crippen LogP contribution < -0.4 is 10.5 Å². The molecular weight excluding hydrogens is 291 g/mol. The van der Waals surface area contributed by atoms with Crippen LogP contribution in [0.1, 0.15) is 11.1 Å². The molecule has 2 rings (SSSR count). The van der Waals surface area contributed by atoms with Gasteiger partial charge in [0.15, 0.2) is 5.84 Å². The zero-order valence-corrected chi connectivity index (χ0v) is 12.4. The largest absolute Gasteiger partial charge is 0.457 e. The number of hydrogen-bond donors (Lipinski definition) is 2. The van der Waals surface area contributed by atoms with Crippen molar-refractivity contribution in [1.82, 2.24) is 0 Å². The third-order valence-corrected chi connectivity index (χ3v) is 3.71. The topological polar surface area (TPSA) is 67.8 Å². The fourth-order valence-electron chi connectivity index (χ4n) is 1.88. The predicted octanol–water partition coefficient (Wildman–Crippen LogP) is 3.74. The molecule has 4 nitrogen and oxygen atoms in total. The summed E-state index contributed by atoms with van der Waals surface area (Å²) in [5.74, 6) is 0.605. The van der Waals surface area contributed by atoms with Gasteiger partial charge < -0.3 is 15.7 Å². The number of rotatable bonds is 4. The third kappa shape index (κ3) is 3.28. The zero-order valence-electron chi connectivity index (χ0n) is 11.6. The van der Waals surface area contributed by atoms with Crippen molar-refractivity contribution in [3.05, 3.63) is 53.3 Å². The molecule has 0 atom stereocenters. The molecule has 0 amide bonds. The zero-order chi connectivity index (χ0) is 15.4. The summed E-state index contributed by atoms with van der Waals surface area (Å²) in [5.41, 5.74) is 6.72. The Morgan fingerprint density at radius 3 is 2.71 bits per heavy atom. The van der Waals surface area contributed by atoms with Crippen molar-refractivity contribution in [2.24, 2.45) is 10.9 Å². The molecule has 0 heterocycles. The minimum atomic E-state index is -0.295. The summed E-state index contributed by atoms with van der Waals surface area (Å²) < 4.78 is 19.0. The molecule has 2 aromatic carbocycles. The van der Waals surface area contributed by atoms with Gasteiger partial charge in [0, 0.05) is 4.90 Å². The highest BCUT2D eigenvalue weighted by Gasteiger charge is 2.14. The maximum Gasteiger partial charge on any atom is 0.175 e. The summed E-state index contributed by atoms with van der Waals surface area (Å²) in [4.78, 5) is 0.821. The first-order chi connectivity index (χ1) is 10.1. The Hall–Kier alpha value is -2.21. The monoisotopic (exact) mass is 306 g/mol. The first kappa shape index (κ1) is 15.2. The minimum Gasteiger partial charge on any atom is -0.457 e. The van der Waals surface area contributed by atoms with E-state index in [0.29, 0.717) is 22.6 Å². The lowest BCUT2D eigenvalue weighted by Crippen LogP contribution is -2.15. The van der Waals surface area contributed by atoms with Crippen molar-refractivity contribution in [3.63, 3.8) is 0 Å². The van der Waals surface area contributed by atoms with Crippen LogP contribution in [-0.4, -0.2) is 17.3 Å². The maximum atomic E-state index is 13.3. The van der Waals surface area contributed by atoms with Gasteiger partial charge in [-0.05, 0) is 49.1 Å². The van der Waals surface area contributed by atoms with E-state index in [9.17, 15) is 4.39 Å². The molecule has 0 aromatic heterocycles. The number of oxime groups is 1. The second-order valence-electron chi connectivity index (χ2n) is 4.33. The van der Waals surface area contributed by atoms with E-state index >= 15 is 0 Å². The summed E-state index contributed by atoms with van der Waals surface area (Å²) in [6.07, 6.45) is 1.88. The lowest BCUT2D eigenvalue weighted by molar-refractivity contribution is 0.318. The number of hydrogen-bond acceptors (Lipinski definition) is 4. The maximum absolute atomic E-state index is 13.3. The summed E-state index contributed by atoms with van der Waals surface area (Å²) in [6.45, 7) is 1.66. The van der Waals surface area contributed by atoms with Crippen molar-refractivity contribution >= 4 is 17.6 Å². The molecule has 110 valence electrons. The number of aryl methyl sites for hydroxylation is 1. The highest BCUT2D eigenvalue weighted by atomic mass is 32.2. The van der Waals surface area contributed by atoms with Crippen molar-refractivity contribution < 1.29 is 14.3 Å². The molecule has 6 heteroatoms. The number of amidine groups is 1. The SMILES string of the molecule is CSc1cccc(Oc2ccc(F)c(C)c2)c1/C(N)=N/O. The lowest BCUT2D eigenvalue weighted by atomic mass is 10.1. The molecule has 0 bridgehead atoms. The van der Waals surface area contributed by atoms with Crippen LogP contribution in [0, 0.1) is 12.7 Å². The van der Waals surface area contributed by atoms with Gasteiger partial charge in [0.1, 0.15) is 17.3 Å². The van der Waals surface area contributed by atoms with Gasteiger partial charge in [0.25, 0.3) is 0 Å². The minimum absolute atomic E-state index is 0.0335. The molecular formula is C15H15FN2O2S. The predicted molar refractivity (Wildman–Crippen MR) is 81.9 cm³/mol. The number of nitrogens with zero attached hydrogens (tertiary/aromatic N) is 1. The van der Waals surface area contributed by atoms with E-state index in [0.717, 1.165) is 4.90 Å². The normalized spacial score (nSPS) is 11.5. The Morgan fingerprint density at radius 1 is 1.33 bits per heavy atom. The Morgan fingerprint density at radius 2 is 2.10 bits per heavy atom. The van der Waals surface area contributed by atoms with Crippen LogP contribution in [-0.2, 0) is 0 Å². The summed E-state index contributed by atoms with van der Waals surface area (Å²) in [5, 5.41) is 12.0. The molecule has 0 aliphatic heterocycles. The van der Waals surface area contributed by atoms with E-state index in [2.05, 4.69) is 5.16 Å². The summed E-state index contributed by atoms with van der Waals surface area (Å²) in [6, 6.07) is 9.84. The van der Waals surface area contributed by atoms with Gasteiger partial charge in [-0.25, -0.2) is 4.39 Å². The number of halogens is 1. The van der Waals surface area contributed by atoms with E-state index in [1.165, 1.54) is 23.9 Å². The highest BCUT2D eigenvalue weighted by Crippen LogP contribution is 2.32. The Bertz CT molecular complexity index is 689. The average Bonchev–Trinajstić information content (AvgIpc) is 2.50. The van der Waals surface area contributed by atoms with E-state index < -0.39 is 0 Å². The Kier molecular flexibility index (Phi) is 4.70. The summed E-state index contributed by atoms with van der Waals surface area (Å²) in [7, 11) is 0.